The maximum Gasteiger partial charge on any atom is 0.149 e. The first-order valence-corrected chi connectivity index (χ1v) is 11.1. The van der Waals surface area contributed by atoms with Crippen LogP contribution in [0.25, 0.3) is 0 Å². The first-order valence-electron chi connectivity index (χ1n) is 9.31. The van der Waals surface area contributed by atoms with Crippen LogP contribution >= 0.6 is 11.6 Å². The number of halogens is 1. The third-order valence-electron chi connectivity index (χ3n) is 4.42. The van der Waals surface area contributed by atoms with Crippen molar-refractivity contribution in [3.63, 3.8) is 0 Å². The van der Waals surface area contributed by atoms with Crippen LogP contribution in [0.3, 0.4) is 0 Å². The third kappa shape index (κ3) is 7.41. The van der Waals surface area contributed by atoms with Crippen LogP contribution in [-0.4, -0.2) is 39.4 Å². The van der Waals surface area contributed by atoms with E-state index in [-0.39, 0.29) is 29.3 Å². The van der Waals surface area contributed by atoms with E-state index in [1.54, 1.807) is 6.08 Å². The van der Waals surface area contributed by atoms with E-state index in [9.17, 15) is 14.1 Å². The maximum atomic E-state index is 12.6. The summed E-state index contributed by atoms with van der Waals surface area (Å²) in [5.41, 5.74) is 1.84. The molecule has 0 saturated heterocycles. The number of oxime groups is 1. The molecule has 0 heterocycles. The van der Waals surface area contributed by atoms with Crippen LogP contribution in [0.1, 0.15) is 59.3 Å². The highest BCUT2D eigenvalue weighted by Crippen LogP contribution is 2.30. The number of carbonyl (C=O) groups excluding carboxylic acids is 2. The lowest BCUT2D eigenvalue weighted by molar-refractivity contribution is -0.134. The molecule has 0 aromatic rings. The Kier molecular flexibility index (Phi) is 11.2. The van der Waals surface area contributed by atoms with Gasteiger partial charge in [0.15, 0.2) is 0 Å². The standard InChI is InChI=1S/C19H30ClNO4S/c1-4-7-16(21-25-9-6-8-20)19-17(22)12-15(13-18(19)23)11-14(3)26(24)10-5-2/h6,8,14-15,19H,4-5,7,9-13H2,1-3H3/t14?,15-,19-,26?. The summed E-state index contributed by atoms with van der Waals surface area (Å²) in [6.45, 7) is 6.12. The lowest BCUT2D eigenvalue weighted by Crippen LogP contribution is -2.40. The Morgan fingerprint density at radius 2 is 2.00 bits per heavy atom. The van der Waals surface area contributed by atoms with Gasteiger partial charge in [-0.05, 0) is 38.2 Å². The summed E-state index contributed by atoms with van der Waals surface area (Å²) in [5.74, 6) is -0.334. The summed E-state index contributed by atoms with van der Waals surface area (Å²) < 4.78 is 12.1. The molecular weight excluding hydrogens is 374 g/mol. The van der Waals surface area contributed by atoms with E-state index >= 15 is 0 Å². The van der Waals surface area contributed by atoms with Crippen LogP contribution in [0.5, 0.6) is 0 Å². The Hall–Kier alpha value is -0.850. The van der Waals surface area contributed by atoms with Gasteiger partial charge >= 0.3 is 0 Å². The van der Waals surface area contributed by atoms with Gasteiger partial charge in [0.05, 0.1) is 5.71 Å². The SMILES string of the molecule is CCCC(=NOCC=CCl)[C@H]1C(=O)C[C@H](CC(C)[S+]([O-])CCC)CC1=O. The van der Waals surface area contributed by atoms with Gasteiger partial charge in [-0.3, -0.25) is 9.59 Å². The number of nitrogens with zero attached hydrogens (tertiary/aromatic N) is 1. The second-order valence-corrected chi connectivity index (χ2v) is 8.99. The molecule has 1 aliphatic carbocycles. The summed E-state index contributed by atoms with van der Waals surface area (Å²) in [7, 11) is 0. The topological polar surface area (TPSA) is 78.8 Å². The van der Waals surface area contributed by atoms with E-state index < -0.39 is 17.1 Å². The van der Waals surface area contributed by atoms with E-state index in [0.717, 1.165) is 12.8 Å². The number of ketones is 2. The Morgan fingerprint density at radius 1 is 1.35 bits per heavy atom. The lowest BCUT2D eigenvalue weighted by Gasteiger charge is -2.29. The van der Waals surface area contributed by atoms with Gasteiger partial charge in [0, 0.05) is 18.4 Å². The molecule has 0 radical (unpaired) electrons. The minimum absolute atomic E-state index is 0.00607. The molecule has 1 saturated carbocycles. The molecule has 5 nitrogen and oxygen atoms in total. The molecule has 2 atom stereocenters. The molecule has 1 aliphatic rings. The molecule has 1 rings (SSSR count). The molecule has 0 amide bonds. The number of hydrogen-bond acceptors (Lipinski definition) is 5. The van der Waals surface area contributed by atoms with E-state index in [1.807, 2.05) is 20.8 Å². The Balaban J connectivity index is 2.73. The largest absolute Gasteiger partial charge is 0.616 e. The van der Waals surface area contributed by atoms with Gasteiger partial charge in [-0.15, -0.1) is 0 Å². The van der Waals surface area contributed by atoms with E-state index in [4.69, 9.17) is 16.4 Å². The summed E-state index contributed by atoms with van der Waals surface area (Å²) in [4.78, 5) is 30.4. The Bertz CT molecular complexity index is 506. The van der Waals surface area contributed by atoms with Crippen molar-refractivity contribution in [3.05, 3.63) is 11.6 Å². The van der Waals surface area contributed by atoms with Crippen LogP contribution in [0.2, 0.25) is 0 Å². The number of carbonyl (C=O) groups is 2. The zero-order valence-corrected chi connectivity index (χ0v) is 17.5. The second kappa shape index (κ2) is 12.5. The van der Waals surface area contributed by atoms with Gasteiger partial charge in [0.25, 0.3) is 0 Å². The van der Waals surface area contributed by atoms with Crippen LogP contribution < -0.4 is 0 Å². The fourth-order valence-corrected chi connectivity index (χ4v) is 4.64. The smallest absolute Gasteiger partial charge is 0.149 e. The Morgan fingerprint density at radius 3 is 2.54 bits per heavy atom. The monoisotopic (exact) mass is 403 g/mol. The molecule has 0 aromatic carbocycles. The van der Waals surface area contributed by atoms with Crippen LogP contribution in [-0.2, 0) is 25.6 Å². The fourth-order valence-electron chi connectivity index (χ4n) is 3.27. The van der Waals surface area contributed by atoms with Crippen molar-refractivity contribution in [2.75, 3.05) is 12.4 Å². The summed E-state index contributed by atoms with van der Waals surface area (Å²) in [5, 5.41) is 4.04. The molecule has 0 bridgehead atoms. The molecule has 0 spiro atoms. The molecule has 2 unspecified atom stereocenters. The third-order valence-corrected chi connectivity index (χ3v) is 6.50. The summed E-state index contributed by atoms with van der Waals surface area (Å²) in [6, 6.07) is 0. The minimum Gasteiger partial charge on any atom is -0.616 e. The number of hydrogen-bond donors (Lipinski definition) is 0. The molecular formula is C19H30ClNO4S. The maximum absolute atomic E-state index is 12.6. The summed E-state index contributed by atoms with van der Waals surface area (Å²) in [6.07, 6.45) is 5.12. The summed E-state index contributed by atoms with van der Waals surface area (Å²) >= 11 is 4.53. The van der Waals surface area contributed by atoms with Gasteiger partial charge in [0.1, 0.15) is 35.1 Å². The minimum atomic E-state index is -0.900. The molecule has 0 aliphatic heterocycles. The van der Waals surface area contributed by atoms with Gasteiger partial charge in [0.2, 0.25) is 0 Å². The molecule has 26 heavy (non-hydrogen) atoms. The average Bonchev–Trinajstić information content (AvgIpc) is 2.58. The zero-order chi connectivity index (χ0) is 19.5. The van der Waals surface area contributed by atoms with Crippen molar-refractivity contribution >= 4 is 40.1 Å². The van der Waals surface area contributed by atoms with Crippen molar-refractivity contribution in [2.45, 2.75) is 64.5 Å². The van der Waals surface area contributed by atoms with Crippen molar-refractivity contribution in [1.82, 2.24) is 0 Å². The van der Waals surface area contributed by atoms with Gasteiger partial charge in [-0.2, -0.15) is 0 Å². The van der Waals surface area contributed by atoms with Crippen molar-refractivity contribution in [1.29, 1.82) is 0 Å². The molecule has 148 valence electrons. The predicted molar refractivity (Wildman–Crippen MR) is 107 cm³/mol. The average molecular weight is 404 g/mol. The van der Waals surface area contributed by atoms with Crippen LogP contribution in [0.4, 0.5) is 0 Å². The Labute approximate surface area is 164 Å². The lowest BCUT2D eigenvalue weighted by atomic mass is 9.75. The van der Waals surface area contributed by atoms with Crippen LogP contribution in [0, 0.1) is 11.8 Å². The van der Waals surface area contributed by atoms with Crippen molar-refractivity contribution in [2.24, 2.45) is 17.0 Å². The van der Waals surface area contributed by atoms with Gasteiger partial charge in [-0.1, -0.05) is 48.2 Å². The molecule has 7 heteroatoms. The molecule has 0 aromatic heterocycles. The predicted octanol–water partition coefficient (Wildman–Crippen LogP) is 4.01. The first-order chi connectivity index (χ1) is 12.4. The normalized spacial score (nSPS) is 24.1. The molecule has 0 N–H and O–H groups in total. The second-order valence-electron chi connectivity index (χ2n) is 6.76. The first kappa shape index (κ1) is 23.2. The van der Waals surface area contributed by atoms with Gasteiger partial charge < -0.3 is 9.39 Å². The van der Waals surface area contributed by atoms with Gasteiger partial charge in [-0.25, -0.2) is 0 Å². The van der Waals surface area contributed by atoms with E-state index in [2.05, 4.69) is 5.16 Å². The van der Waals surface area contributed by atoms with Crippen LogP contribution in [0.15, 0.2) is 16.8 Å². The van der Waals surface area contributed by atoms with Crippen molar-refractivity contribution < 1.29 is 19.0 Å². The zero-order valence-electron chi connectivity index (χ0n) is 15.9. The van der Waals surface area contributed by atoms with E-state index in [0.29, 0.717) is 37.1 Å². The highest BCUT2D eigenvalue weighted by molar-refractivity contribution is 7.91. The van der Waals surface area contributed by atoms with E-state index in [1.165, 1.54) is 5.54 Å². The molecule has 1 fully saturated rings. The quantitative estimate of drug-likeness (QED) is 0.171. The fraction of sp³-hybridized carbons (Fsp3) is 0.737. The highest BCUT2D eigenvalue weighted by Gasteiger charge is 2.39. The number of rotatable bonds is 11. The van der Waals surface area contributed by atoms with Crippen molar-refractivity contribution in [3.8, 4) is 0 Å². The highest BCUT2D eigenvalue weighted by atomic mass is 35.5. The number of Topliss-reactive ketones (excluding diaryl/α,β-unsaturated/α-hetero) is 2.